The van der Waals surface area contributed by atoms with Crippen LogP contribution < -0.4 is 10.6 Å². The molecule has 1 fully saturated rings. The highest BCUT2D eigenvalue weighted by Crippen LogP contribution is 2.28. The first-order valence-corrected chi connectivity index (χ1v) is 6.18. The maximum Gasteiger partial charge on any atom is 0.243 e. The first-order valence-electron chi connectivity index (χ1n) is 5.30. The number of rotatable bonds is 1. The van der Waals surface area contributed by atoms with Crippen LogP contribution in [0.15, 0.2) is 29.6 Å². The van der Waals surface area contributed by atoms with E-state index in [1.165, 1.54) is 10.1 Å². The van der Waals surface area contributed by atoms with Crippen LogP contribution in [0.2, 0.25) is 0 Å². The molecular formula is C12H12N2OS. The van der Waals surface area contributed by atoms with Crippen LogP contribution in [0.25, 0.3) is 10.1 Å². The van der Waals surface area contributed by atoms with Crippen LogP contribution in [-0.2, 0) is 4.79 Å². The second-order valence-electron chi connectivity index (χ2n) is 4.03. The van der Waals surface area contributed by atoms with E-state index in [-0.39, 0.29) is 11.9 Å². The molecule has 4 heteroatoms. The predicted molar refractivity (Wildman–Crippen MR) is 66.8 cm³/mol. The minimum absolute atomic E-state index is 0.0366. The lowest BCUT2D eigenvalue weighted by Crippen LogP contribution is -2.33. The van der Waals surface area contributed by atoms with Crippen molar-refractivity contribution < 1.29 is 4.79 Å². The van der Waals surface area contributed by atoms with Crippen LogP contribution in [0, 0.1) is 0 Å². The molecule has 1 aliphatic heterocycles. The van der Waals surface area contributed by atoms with E-state index in [1.807, 2.05) is 6.07 Å². The largest absolute Gasteiger partial charge is 0.320 e. The van der Waals surface area contributed by atoms with Crippen molar-refractivity contribution >= 4 is 33.0 Å². The maximum atomic E-state index is 11.8. The number of anilines is 1. The Morgan fingerprint density at radius 1 is 1.38 bits per heavy atom. The van der Waals surface area contributed by atoms with E-state index in [1.54, 1.807) is 16.2 Å². The van der Waals surface area contributed by atoms with Gasteiger partial charge < -0.3 is 10.6 Å². The summed E-state index contributed by atoms with van der Waals surface area (Å²) in [7, 11) is 0. The molecule has 3 nitrogen and oxygen atoms in total. The van der Waals surface area contributed by atoms with Gasteiger partial charge in [-0.2, -0.15) is 0 Å². The Bertz CT molecular complexity index is 549. The van der Waals surface area contributed by atoms with Crippen molar-refractivity contribution in [1.82, 2.24) is 0 Å². The fourth-order valence-corrected chi connectivity index (χ4v) is 2.85. The lowest BCUT2D eigenvalue weighted by molar-refractivity contribution is -0.118. The van der Waals surface area contributed by atoms with Gasteiger partial charge in [-0.25, -0.2) is 0 Å². The number of nitrogens with zero attached hydrogens (tertiary/aromatic N) is 1. The SMILES string of the molecule is NC1CCN(c2ccc3sccc3c2)C1=O. The Hall–Kier alpha value is -1.39. The van der Waals surface area contributed by atoms with Crippen molar-refractivity contribution in [3.05, 3.63) is 29.6 Å². The van der Waals surface area contributed by atoms with E-state index in [4.69, 9.17) is 5.73 Å². The van der Waals surface area contributed by atoms with Gasteiger partial charge in [0, 0.05) is 16.9 Å². The monoisotopic (exact) mass is 232 g/mol. The number of fused-ring (bicyclic) bond motifs is 1. The number of hydrogen-bond donors (Lipinski definition) is 1. The van der Waals surface area contributed by atoms with Crippen molar-refractivity contribution in [2.75, 3.05) is 11.4 Å². The summed E-state index contributed by atoms with van der Waals surface area (Å²) in [5.41, 5.74) is 6.67. The van der Waals surface area contributed by atoms with Gasteiger partial charge in [0.15, 0.2) is 0 Å². The molecule has 0 aliphatic carbocycles. The highest BCUT2D eigenvalue weighted by atomic mass is 32.1. The molecule has 2 aromatic rings. The summed E-state index contributed by atoms with van der Waals surface area (Å²) in [5.74, 6) is 0.0366. The predicted octanol–water partition coefficient (Wildman–Crippen LogP) is 1.97. The number of carbonyl (C=O) groups is 1. The lowest BCUT2D eigenvalue weighted by Gasteiger charge is -2.16. The zero-order chi connectivity index (χ0) is 11.1. The standard InChI is InChI=1S/C12H12N2OS/c13-10-3-5-14(12(10)15)9-1-2-11-8(7-9)4-6-16-11/h1-2,4,6-7,10H,3,5,13H2. The van der Waals surface area contributed by atoms with E-state index < -0.39 is 0 Å². The van der Waals surface area contributed by atoms with Crippen LogP contribution in [-0.4, -0.2) is 18.5 Å². The van der Waals surface area contributed by atoms with Crippen molar-refractivity contribution in [1.29, 1.82) is 0 Å². The average molecular weight is 232 g/mol. The second-order valence-corrected chi connectivity index (χ2v) is 4.98. The van der Waals surface area contributed by atoms with Gasteiger partial charge in [-0.1, -0.05) is 0 Å². The van der Waals surface area contributed by atoms with Crippen molar-refractivity contribution in [2.45, 2.75) is 12.5 Å². The summed E-state index contributed by atoms with van der Waals surface area (Å²) in [5, 5.41) is 3.25. The van der Waals surface area contributed by atoms with Gasteiger partial charge in [-0.3, -0.25) is 4.79 Å². The summed E-state index contributed by atoms with van der Waals surface area (Å²) in [4.78, 5) is 13.6. The molecule has 1 saturated heterocycles. The smallest absolute Gasteiger partial charge is 0.243 e. The third-order valence-electron chi connectivity index (χ3n) is 2.99. The molecule has 0 bridgehead atoms. The topological polar surface area (TPSA) is 46.3 Å². The summed E-state index contributed by atoms with van der Waals surface area (Å²) in [6, 6.07) is 7.87. The fraction of sp³-hybridized carbons (Fsp3) is 0.250. The van der Waals surface area contributed by atoms with Crippen LogP contribution in [0.5, 0.6) is 0 Å². The molecule has 0 radical (unpaired) electrons. The Balaban J connectivity index is 2.02. The Labute approximate surface area is 97.5 Å². The number of amides is 1. The van der Waals surface area contributed by atoms with E-state index >= 15 is 0 Å². The van der Waals surface area contributed by atoms with Gasteiger partial charge >= 0.3 is 0 Å². The van der Waals surface area contributed by atoms with E-state index in [0.717, 1.165) is 18.7 Å². The molecule has 2 N–H and O–H groups in total. The summed E-state index contributed by atoms with van der Waals surface area (Å²) in [6.45, 7) is 0.732. The molecule has 1 aliphatic rings. The molecule has 2 heterocycles. The van der Waals surface area contributed by atoms with Gasteiger partial charge in [-0.15, -0.1) is 11.3 Å². The molecule has 0 saturated carbocycles. The number of nitrogens with two attached hydrogens (primary N) is 1. The second kappa shape index (κ2) is 3.57. The van der Waals surface area contributed by atoms with Crippen molar-refractivity contribution in [3.8, 4) is 0 Å². The van der Waals surface area contributed by atoms with Gasteiger partial charge in [-0.05, 0) is 41.5 Å². The highest BCUT2D eigenvalue weighted by Gasteiger charge is 2.29. The molecule has 1 aromatic carbocycles. The van der Waals surface area contributed by atoms with Crippen LogP contribution >= 0.6 is 11.3 Å². The van der Waals surface area contributed by atoms with Crippen LogP contribution in [0.4, 0.5) is 5.69 Å². The minimum atomic E-state index is -0.321. The quantitative estimate of drug-likeness (QED) is 0.817. The summed E-state index contributed by atoms with van der Waals surface area (Å²) in [6.07, 6.45) is 0.751. The number of thiophene rings is 1. The third-order valence-corrected chi connectivity index (χ3v) is 3.89. The molecule has 1 amide bonds. The van der Waals surface area contributed by atoms with Gasteiger partial charge in [0.2, 0.25) is 5.91 Å². The Kier molecular flexibility index (Phi) is 2.19. The molecule has 1 aromatic heterocycles. The molecule has 82 valence electrons. The van der Waals surface area contributed by atoms with Crippen LogP contribution in [0.3, 0.4) is 0 Å². The average Bonchev–Trinajstić information content (AvgIpc) is 2.86. The molecule has 1 atom stereocenters. The van der Waals surface area contributed by atoms with E-state index in [0.29, 0.717) is 0 Å². The molecule has 3 rings (SSSR count). The lowest BCUT2D eigenvalue weighted by atomic mass is 10.2. The highest BCUT2D eigenvalue weighted by molar-refractivity contribution is 7.17. The van der Waals surface area contributed by atoms with Gasteiger partial charge in [0.25, 0.3) is 0 Å². The zero-order valence-electron chi connectivity index (χ0n) is 8.72. The summed E-state index contributed by atoms with van der Waals surface area (Å²) >= 11 is 1.71. The Morgan fingerprint density at radius 3 is 3.00 bits per heavy atom. The van der Waals surface area contributed by atoms with E-state index in [9.17, 15) is 4.79 Å². The zero-order valence-corrected chi connectivity index (χ0v) is 9.54. The molecule has 0 spiro atoms. The Morgan fingerprint density at radius 2 is 2.25 bits per heavy atom. The first-order chi connectivity index (χ1) is 7.75. The normalized spacial score (nSPS) is 20.9. The van der Waals surface area contributed by atoms with Gasteiger partial charge in [0.05, 0.1) is 6.04 Å². The maximum absolute atomic E-state index is 11.8. The number of hydrogen-bond acceptors (Lipinski definition) is 3. The van der Waals surface area contributed by atoms with Crippen molar-refractivity contribution in [2.24, 2.45) is 5.73 Å². The fourth-order valence-electron chi connectivity index (χ4n) is 2.08. The third kappa shape index (κ3) is 1.42. The number of benzene rings is 1. The summed E-state index contributed by atoms with van der Waals surface area (Å²) < 4.78 is 1.25. The number of carbonyl (C=O) groups excluding carboxylic acids is 1. The van der Waals surface area contributed by atoms with Crippen molar-refractivity contribution in [3.63, 3.8) is 0 Å². The molecule has 1 unspecified atom stereocenters. The molecular weight excluding hydrogens is 220 g/mol. The first kappa shape index (κ1) is 9.81. The minimum Gasteiger partial charge on any atom is -0.320 e. The van der Waals surface area contributed by atoms with Gasteiger partial charge in [0.1, 0.15) is 0 Å². The molecule has 16 heavy (non-hydrogen) atoms. The van der Waals surface area contributed by atoms with E-state index in [2.05, 4.69) is 23.6 Å². The van der Waals surface area contributed by atoms with Crippen LogP contribution in [0.1, 0.15) is 6.42 Å².